The fraction of sp³-hybridized carbons (Fsp3) is 0.333. The average Bonchev–Trinajstić information content (AvgIpc) is 2.05. The van der Waals surface area contributed by atoms with Gasteiger partial charge in [-0.3, -0.25) is 0 Å². The van der Waals surface area contributed by atoms with E-state index in [9.17, 15) is 0 Å². The standard InChI is InChI=1S/C9H11O.Li/c1-7-4-5-8(2)9(6-7)10-3;/h4-6H,1H2,2-3H3;. The van der Waals surface area contributed by atoms with Crippen molar-refractivity contribution >= 4 is 17.7 Å². The van der Waals surface area contributed by atoms with Gasteiger partial charge in [-0.25, -0.2) is 0 Å². The number of hydrogen-bond donors (Lipinski definition) is 0. The van der Waals surface area contributed by atoms with Crippen LogP contribution in [0.25, 0.3) is 0 Å². The maximum absolute atomic E-state index is 5.19. The van der Waals surface area contributed by atoms with Crippen LogP contribution in [0.4, 0.5) is 0 Å². The zero-order chi connectivity index (χ0) is 8.27. The fourth-order valence-corrected chi connectivity index (χ4v) is 1.08. The normalized spacial score (nSPS) is 9.82. The fourth-order valence-electron chi connectivity index (χ4n) is 1.08. The minimum atomic E-state index is 0.990. The molecule has 1 nitrogen and oxygen atoms in total. The van der Waals surface area contributed by atoms with E-state index in [2.05, 4.69) is 42.8 Å². The Hall–Kier alpha value is -0.383. The summed E-state index contributed by atoms with van der Waals surface area (Å²) in [5.74, 6) is 0.990. The van der Waals surface area contributed by atoms with Crippen LogP contribution in [-0.4, -0.2) is 24.8 Å². The summed E-state index contributed by atoms with van der Waals surface area (Å²) in [5, 5.41) is 1.07. The Labute approximate surface area is 77.0 Å². The molecule has 11 heavy (non-hydrogen) atoms. The van der Waals surface area contributed by atoms with E-state index in [0.29, 0.717) is 0 Å². The van der Waals surface area contributed by atoms with Crippen LogP contribution in [0.5, 0.6) is 5.75 Å². The number of aryl methyl sites for hydroxylation is 1. The van der Waals surface area contributed by atoms with Crippen molar-refractivity contribution in [2.45, 2.75) is 12.0 Å². The van der Waals surface area contributed by atoms with Crippen molar-refractivity contribution in [1.82, 2.24) is 0 Å². The first-order chi connectivity index (χ1) is 5.27. The van der Waals surface area contributed by atoms with Gasteiger partial charge in [0.1, 0.15) is 0 Å². The summed E-state index contributed by atoms with van der Waals surface area (Å²) >= 11 is 2.14. The molecule has 0 heterocycles. The molecule has 2 heteroatoms. The maximum atomic E-state index is 5.19. The summed E-state index contributed by atoms with van der Waals surface area (Å²) in [6.07, 6.45) is 0. The Morgan fingerprint density at radius 1 is 1.45 bits per heavy atom. The van der Waals surface area contributed by atoms with Gasteiger partial charge in [-0.05, 0) is 0 Å². The van der Waals surface area contributed by atoms with E-state index in [1.165, 1.54) is 11.1 Å². The molecule has 1 aromatic rings. The van der Waals surface area contributed by atoms with Crippen molar-refractivity contribution in [3.63, 3.8) is 0 Å². The third kappa shape index (κ3) is 2.02. The summed E-state index contributed by atoms with van der Waals surface area (Å²) < 4.78 is 5.19. The summed E-state index contributed by atoms with van der Waals surface area (Å²) in [6.45, 7) is 2.05. The van der Waals surface area contributed by atoms with Gasteiger partial charge in [-0.2, -0.15) is 0 Å². The van der Waals surface area contributed by atoms with Crippen molar-refractivity contribution in [3.05, 3.63) is 29.3 Å². The Morgan fingerprint density at radius 3 is 2.73 bits per heavy atom. The van der Waals surface area contributed by atoms with E-state index in [-0.39, 0.29) is 0 Å². The van der Waals surface area contributed by atoms with Crippen LogP contribution in [0.3, 0.4) is 0 Å². The molecule has 0 aliphatic carbocycles. The summed E-state index contributed by atoms with van der Waals surface area (Å²) in [7, 11) is 1.71. The Kier molecular flexibility index (Phi) is 3.05. The van der Waals surface area contributed by atoms with Crippen LogP contribution >= 0.6 is 0 Å². The molecule has 0 bridgehead atoms. The van der Waals surface area contributed by atoms with Gasteiger partial charge in [0.25, 0.3) is 0 Å². The molecule has 0 aliphatic heterocycles. The van der Waals surface area contributed by atoms with Crippen LogP contribution in [0.2, 0.25) is 0 Å². The molecular weight excluding hydrogens is 131 g/mol. The minimum absolute atomic E-state index is 0.990. The molecule has 0 unspecified atom stereocenters. The first kappa shape index (κ1) is 8.71. The van der Waals surface area contributed by atoms with E-state index in [4.69, 9.17) is 4.74 Å². The van der Waals surface area contributed by atoms with E-state index < -0.39 is 0 Å². The number of rotatable bonds is 2. The third-order valence-electron chi connectivity index (χ3n) is 1.88. The van der Waals surface area contributed by atoms with Gasteiger partial charge in [0.2, 0.25) is 0 Å². The predicted octanol–water partition coefficient (Wildman–Crippen LogP) is 1.67. The Morgan fingerprint density at radius 2 is 2.18 bits per heavy atom. The first-order valence-corrected chi connectivity index (χ1v) is 3.91. The van der Waals surface area contributed by atoms with Crippen molar-refractivity contribution in [3.8, 4) is 5.75 Å². The van der Waals surface area contributed by atoms with Gasteiger partial charge in [0.05, 0.1) is 0 Å². The molecule has 0 N–H and O–H groups in total. The van der Waals surface area contributed by atoms with Crippen LogP contribution in [0.15, 0.2) is 18.2 Å². The average molecular weight is 142 g/mol. The Balaban J connectivity index is 3.02. The van der Waals surface area contributed by atoms with Gasteiger partial charge in [0, 0.05) is 0 Å². The number of ether oxygens (including phenoxy) is 1. The predicted molar refractivity (Wildman–Crippen MR) is 47.2 cm³/mol. The third-order valence-corrected chi connectivity index (χ3v) is 1.88. The molecule has 0 spiro atoms. The van der Waals surface area contributed by atoms with Gasteiger partial charge >= 0.3 is 76.7 Å². The molecule has 0 amide bonds. The molecule has 54 valence electrons. The first-order valence-electron chi connectivity index (χ1n) is 3.91. The molecular formula is C9H11LiO. The van der Waals surface area contributed by atoms with Gasteiger partial charge < -0.3 is 0 Å². The second-order valence-corrected chi connectivity index (χ2v) is 2.66. The summed E-state index contributed by atoms with van der Waals surface area (Å²) in [5.41, 5.74) is 2.53. The van der Waals surface area contributed by atoms with Crippen LogP contribution in [0.1, 0.15) is 11.1 Å². The quantitative estimate of drug-likeness (QED) is 0.571. The van der Waals surface area contributed by atoms with E-state index in [1.54, 1.807) is 7.11 Å². The SMILES string of the molecule is [Li][CH2]c1ccc(C)c(OC)c1. The zero-order valence-electron chi connectivity index (χ0n) is 7.35. The molecule has 0 aliphatic rings. The van der Waals surface area contributed by atoms with Gasteiger partial charge in [-0.15, -0.1) is 0 Å². The van der Waals surface area contributed by atoms with E-state index >= 15 is 0 Å². The molecule has 0 atom stereocenters. The van der Waals surface area contributed by atoms with Crippen LogP contribution < -0.4 is 4.74 Å². The second-order valence-electron chi connectivity index (χ2n) is 2.66. The zero-order valence-corrected chi connectivity index (χ0v) is 7.35. The van der Waals surface area contributed by atoms with Gasteiger partial charge in [-0.1, -0.05) is 0 Å². The van der Waals surface area contributed by atoms with E-state index in [1.807, 2.05) is 0 Å². The van der Waals surface area contributed by atoms with Crippen LogP contribution in [-0.2, 0) is 5.09 Å². The van der Waals surface area contributed by atoms with Crippen molar-refractivity contribution < 1.29 is 4.74 Å². The van der Waals surface area contributed by atoms with Crippen LogP contribution in [0, 0.1) is 6.92 Å². The molecule has 0 radical (unpaired) electrons. The number of hydrogen-bond acceptors (Lipinski definition) is 1. The molecule has 0 aromatic heterocycles. The monoisotopic (exact) mass is 142 g/mol. The molecule has 0 saturated carbocycles. The molecule has 1 aromatic carbocycles. The second kappa shape index (κ2) is 3.85. The van der Waals surface area contributed by atoms with Crippen molar-refractivity contribution in [2.75, 3.05) is 7.11 Å². The van der Waals surface area contributed by atoms with Crippen molar-refractivity contribution in [1.29, 1.82) is 0 Å². The van der Waals surface area contributed by atoms with E-state index in [0.717, 1.165) is 10.8 Å². The van der Waals surface area contributed by atoms with Crippen molar-refractivity contribution in [2.24, 2.45) is 0 Å². The number of benzene rings is 1. The summed E-state index contributed by atoms with van der Waals surface area (Å²) in [4.78, 5) is 0. The molecule has 0 fully saturated rings. The molecule has 0 saturated heterocycles. The number of methoxy groups -OCH3 is 1. The molecule has 1 rings (SSSR count). The summed E-state index contributed by atoms with van der Waals surface area (Å²) in [6, 6.07) is 6.32. The van der Waals surface area contributed by atoms with Gasteiger partial charge in [0.15, 0.2) is 0 Å². The topological polar surface area (TPSA) is 9.23 Å². The Bertz CT molecular complexity index is 245.